The van der Waals surface area contributed by atoms with Crippen molar-refractivity contribution in [1.29, 1.82) is 0 Å². The summed E-state index contributed by atoms with van der Waals surface area (Å²) in [6, 6.07) is 7.76. The molecule has 13 heteroatoms. The van der Waals surface area contributed by atoms with Crippen LogP contribution in [0.2, 0.25) is 0 Å². The number of amides is 1. The number of thiophene rings is 1. The first-order chi connectivity index (χ1) is 15.8. The molecule has 1 fully saturated rings. The number of methoxy groups -OCH3 is 1. The van der Waals surface area contributed by atoms with Crippen LogP contribution in [-0.4, -0.2) is 54.9 Å². The van der Waals surface area contributed by atoms with Gasteiger partial charge in [0, 0.05) is 38.9 Å². The first-order valence-corrected chi connectivity index (χ1v) is 13.3. The van der Waals surface area contributed by atoms with Crippen molar-refractivity contribution in [2.45, 2.75) is 23.6 Å². The van der Waals surface area contributed by atoms with Gasteiger partial charge in [0.05, 0.1) is 27.7 Å². The third kappa shape index (κ3) is 4.92. The van der Waals surface area contributed by atoms with E-state index in [0.717, 1.165) is 16.9 Å². The molecule has 1 saturated heterocycles. The van der Waals surface area contributed by atoms with Crippen LogP contribution in [0.1, 0.15) is 12.8 Å². The van der Waals surface area contributed by atoms with Gasteiger partial charge in [-0.25, -0.2) is 8.42 Å². The predicted octanol–water partition coefficient (Wildman–Crippen LogP) is 2.85. The Morgan fingerprint density at radius 3 is 2.88 bits per heavy atom. The van der Waals surface area contributed by atoms with Gasteiger partial charge in [-0.2, -0.15) is 9.30 Å². The summed E-state index contributed by atoms with van der Waals surface area (Å²) in [6.45, 7) is 1.24. The fourth-order valence-electron chi connectivity index (χ4n) is 3.74. The summed E-state index contributed by atoms with van der Waals surface area (Å²) in [5.41, 5.74) is 0.682. The highest BCUT2D eigenvalue weighted by Crippen LogP contribution is 2.27. The van der Waals surface area contributed by atoms with Crippen LogP contribution >= 0.6 is 22.7 Å². The van der Waals surface area contributed by atoms with Gasteiger partial charge < -0.3 is 9.30 Å². The average molecular weight is 511 g/mol. The third-order valence-corrected chi connectivity index (χ3v) is 9.70. The number of nitrogens with zero attached hydrogens (tertiary/aromatic N) is 4. The number of nitro benzene ring substituents is 1. The Morgan fingerprint density at radius 2 is 2.18 bits per heavy atom. The Morgan fingerprint density at radius 1 is 1.36 bits per heavy atom. The van der Waals surface area contributed by atoms with E-state index in [0.29, 0.717) is 42.0 Å². The molecule has 2 aromatic heterocycles. The van der Waals surface area contributed by atoms with Crippen molar-refractivity contribution in [3.05, 3.63) is 50.6 Å². The van der Waals surface area contributed by atoms with E-state index in [1.54, 1.807) is 35.3 Å². The Balaban J connectivity index is 1.65. The van der Waals surface area contributed by atoms with Gasteiger partial charge in [0.2, 0.25) is 0 Å². The quantitative estimate of drug-likeness (QED) is 0.356. The minimum absolute atomic E-state index is 0.0396. The molecule has 10 nitrogen and oxygen atoms in total. The Bertz CT molecular complexity index is 1340. The zero-order valence-corrected chi connectivity index (χ0v) is 20.2. The topological polar surface area (TPSA) is 124 Å². The maximum atomic E-state index is 13.1. The maximum absolute atomic E-state index is 13.1. The van der Waals surface area contributed by atoms with E-state index in [4.69, 9.17) is 4.74 Å². The number of hydrogen-bond donors (Lipinski definition) is 0. The number of benzene rings is 1. The van der Waals surface area contributed by atoms with E-state index < -0.39 is 26.8 Å². The smallest absolute Gasteiger partial charge is 0.270 e. The van der Waals surface area contributed by atoms with E-state index in [2.05, 4.69) is 4.99 Å². The fraction of sp³-hybridized carbons (Fsp3) is 0.400. The number of non-ortho nitro benzene ring substituents is 1. The van der Waals surface area contributed by atoms with Gasteiger partial charge in [0.25, 0.3) is 21.6 Å². The normalized spacial score (nSPS) is 18.1. The summed E-state index contributed by atoms with van der Waals surface area (Å²) < 4.78 is 35.0. The number of fused-ring (bicyclic) bond motifs is 1. The van der Waals surface area contributed by atoms with Crippen molar-refractivity contribution < 1.29 is 22.9 Å². The molecule has 0 bridgehead atoms. The number of nitro groups is 1. The molecule has 1 aromatic carbocycles. The van der Waals surface area contributed by atoms with Crippen LogP contribution in [0.15, 0.2) is 44.9 Å². The number of piperidine rings is 1. The van der Waals surface area contributed by atoms with Crippen LogP contribution in [-0.2, 0) is 26.1 Å². The van der Waals surface area contributed by atoms with Gasteiger partial charge in [-0.3, -0.25) is 14.9 Å². The lowest BCUT2D eigenvalue weighted by molar-refractivity contribution is -0.384. The molecule has 1 atom stereocenters. The number of ether oxygens (including phenoxy) is 1. The van der Waals surface area contributed by atoms with Crippen molar-refractivity contribution in [2.75, 3.05) is 26.8 Å². The zero-order chi connectivity index (χ0) is 23.6. The van der Waals surface area contributed by atoms with Crippen molar-refractivity contribution in [3.63, 3.8) is 0 Å². The number of carbonyl (C=O) groups excluding carboxylic acids is 1. The molecule has 4 rings (SSSR count). The SMILES string of the molecule is COCCn1c(=NC(=O)C2CCCN(S(=O)(=O)c3cccs3)C2)sc2cc([N+](=O)[O-])ccc21. The second kappa shape index (κ2) is 9.81. The zero-order valence-electron chi connectivity index (χ0n) is 17.7. The molecule has 0 saturated carbocycles. The molecular formula is C20H22N4O6S3. The van der Waals surface area contributed by atoms with Crippen molar-refractivity contribution in [3.8, 4) is 0 Å². The molecule has 1 amide bonds. The van der Waals surface area contributed by atoms with E-state index in [-0.39, 0.29) is 16.4 Å². The van der Waals surface area contributed by atoms with E-state index in [9.17, 15) is 23.3 Å². The summed E-state index contributed by atoms with van der Waals surface area (Å²) >= 11 is 2.34. The fourth-order valence-corrected chi connectivity index (χ4v) is 7.51. The second-order valence-corrected chi connectivity index (χ2v) is 11.6. The van der Waals surface area contributed by atoms with Gasteiger partial charge in [-0.15, -0.1) is 11.3 Å². The van der Waals surface area contributed by atoms with Crippen LogP contribution in [0.4, 0.5) is 5.69 Å². The number of thiazole rings is 1. The van der Waals surface area contributed by atoms with Gasteiger partial charge >= 0.3 is 0 Å². The predicted molar refractivity (Wildman–Crippen MR) is 125 cm³/mol. The van der Waals surface area contributed by atoms with Crippen LogP contribution in [0.5, 0.6) is 0 Å². The lowest BCUT2D eigenvalue weighted by Gasteiger charge is -2.29. The highest BCUT2D eigenvalue weighted by molar-refractivity contribution is 7.91. The van der Waals surface area contributed by atoms with Gasteiger partial charge in [-0.1, -0.05) is 17.4 Å². The summed E-state index contributed by atoms with van der Waals surface area (Å²) in [4.78, 5) is 28.5. The molecule has 176 valence electrons. The average Bonchev–Trinajstić information content (AvgIpc) is 3.46. The Labute approximate surface area is 198 Å². The molecule has 0 spiro atoms. The molecule has 3 aromatic rings. The number of sulfonamides is 1. The molecule has 1 aliphatic rings. The summed E-state index contributed by atoms with van der Waals surface area (Å²) in [6.07, 6.45) is 1.12. The van der Waals surface area contributed by atoms with Gasteiger partial charge in [0.15, 0.2) is 4.80 Å². The number of hydrogen-bond acceptors (Lipinski definition) is 8. The lowest BCUT2D eigenvalue weighted by Crippen LogP contribution is -2.42. The summed E-state index contributed by atoms with van der Waals surface area (Å²) in [5, 5.41) is 12.9. The Hall–Kier alpha value is -2.45. The first-order valence-electron chi connectivity index (χ1n) is 10.2. The van der Waals surface area contributed by atoms with Crippen molar-refractivity contribution >= 4 is 54.5 Å². The van der Waals surface area contributed by atoms with Crippen molar-refractivity contribution in [2.24, 2.45) is 10.9 Å². The molecule has 1 aliphatic heterocycles. The molecular weight excluding hydrogens is 488 g/mol. The standard InChI is InChI=1S/C20H22N4O6S3/c1-30-10-9-23-16-7-6-15(24(26)27)12-17(16)32-20(23)21-19(25)14-4-2-8-22(13-14)33(28,29)18-5-3-11-31-18/h3,5-7,11-12,14H,2,4,8-10,13H2,1H3. The van der Waals surface area contributed by atoms with Crippen LogP contribution in [0.25, 0.3) is 10.2 Å². The monoisotopic (exact) mass is 510 g/mol. The Kier molecular flexibility index (Phi) is 7.05. The van der Waals surface area contributed by atoms with Crippen LogP contribution < -0.4 is 4.80 Å². The summed E-state index contributed by atoms with van der Waals surface area (Å²) in [5.74, 6) is -0.947. The highest BCUT2D eigenvalue weighted by atomic mass is 32.2. The number of rotatable bonds is 7. The summed E-state index contributed by atoms with van der Waals surface area (Å²) in [7, 11) is -2.07. The van der Waals surface area contributed by atoms with Gasteiger partial charge in [-0.05, 0) is 30.4 Å². The van der Waals surface area contributed by atoms with Gasteiger partial charge in [0.1, 0.15) is 4.21 Å². The maximum Gasteiger partial charge on any atom is 0.270 e. The highest BCUT2D eigenvalue weighted by Gasteiger charge is 2.33. The molecule has 0 aliphatic carbocycles. The lowest BCUT2D eigenvalue weighted by atomic mass is 9.99. The molecule has 0 N–H and O–H groups in total. The third-order valence-electron chi connectivity index (χ3n) is 5.42. The van der Waals surface area contributed by atoms with E-state index in [1.807, 2.05) is 0 Å². The second-order valence-electron chi connectivity index (χ2n) is 7.52. The van der Waals surface area contributed by atoms with Crippen LogP contribution in [0.3, 0.4) is 0 Å². The molecule has 1 unspecified atom stereocenters. The van der Waals surface area contributed by atoms with E-state index in [1.165, 1.54) is 27.8 Å². The first kappa shape index (κ1) is 23.7. The van der Waals surface area contributed by atoms with Crippen molar-refractivity contribution in [1.82, 2.24) is 8.87 Å². The number of carbonyl (C=O) groups is 1. The largest absolute Gasteiger partial charge is 0.383 e. The molecule has 0 radical (unpaired) electrons. The minimum atomic E-state index is -3.64. The number of aromatic nitrogens is 1. The molecule has 33 heavy (non-hydrogen) atoms. The molecule has 3 heterocycles. The minimum Gasteiger partial charge on any atom is -0.383 e. The van der Waals surface area contributed by atoms with E-state index >= 15 is 0 Å². The van der Waals surface area contributed by atoms with Crippen LogP contribution in [0, 0.1) is 16.0 Å².